The van der Waals surface area contributed by atoms with Gasteiger partial charge in [0.1, 0.15) is 0 Å². The fourth-order valence-corrected chi connectivity index (χ4v) is 2.62. The number of aliphatic hydroxyl groups is 1. The van der Waals surface area contributed by atoms with Crippen molar-refractivity contribution in [1.82, 2.24) is 0 Å². The summed E-state index contributed by atoms with van der Waals surface area (Å²) in [5.41, 5.74) is 8.20. The van der Waals surface area contributed by atoms with Crippen molar-refractivity contribution in [1.29, 1.82) is 0 Å². The maximum Gasteiger partial charge on any atom is 0.0599 e. The monoisotopic (exact) mass is 248 g/mol. The van der Waals surface area contributed by atoms with Crippen LogP contribution in [0, 0.1) is 0 Å². The van der Waals surface area contributed by atoms with Crippen LogP contribution in [-0.4, -0.2) is 24.3 Å². The molecule has 100 valence electrons. The summed E-state index contributed by atoms with van der Waals surface area (Å²) in [5.74, 6) is 0.757. The highest BCUT2D eigenvalue weighted by molar-refractivity contribution is 5.45. The normalized spacial score (nSPS) is 18.6. The predicted octanol–water partition coefficient (Wildman–Crippen LogP) is 2.47. The molecule has 1 aliphatic carbocycles. The van der Waals surface area contributed by atoms with E-state index < -0.39 is 0 Å². The van der Waals surface area contributed by atoms with Gasteiger partial charge in [-0.25, -0.2) is 0 Å². The third-order valence-corrected chi connectivity index (χ3v) is 3.79. The van der Waals surface area contributed by atoms with E-state index in [4.69, 9.17) is 10.8 Å². The topological polar surface area (TPSA) is 58.3 Å². The average Bonchev–Trinajstić information content (AvgIpc) is 2.46. The predicted molar refractivity (Wildman–Crippen MR) is 75.8 cm³/mol. The molecular weight excluding hydrogens is 224 g/mol. The molecule has 0 amide bonds. The quantitative estimate of drug-likeness (QED) is 0.750. The molecule has 3 nitrogen and oxygen atoms in total. The van der Waals surface area contributed by atoms with Crippen LogP contribution < -0.4 is 11.1 Å². The SMILES string of the molecule is NC(CO)CNc1ccc(C2CCCCC2)cc1. The molecule has 0 spiro atoms. The Balaban J connectivity index is 1.88. The second-order valence-corrected chi connectivity index (χ2v) is 5.28. The summed E-state index contributed by atoms with van der Waals surface area (Å²) in [7, 11) is 0. The average molecular weight is 248 g/mol. The minimum absolute atomic E-state index is 0.0210. The summed E-state index contributed by atoms with van der Waals surface area (Å²) in [4.78, 5) is 0. The fourth-order valence-electron chi connectivity index (χ4n) is 2.62. The minimum Gasteiger partial charge on any atom is -0.395 e. The first kappa shape index (κ1) is 13.4. The molecule has 2 rings (SSSR count). The zero-order chi connectivity index (χ0) is 12.8. The van der Waals surface area contributed by atoms with E-state index in [0.717, 1.165) is 11.6 Å². The van der Waals surface area contributed by atoms with E-state index in [1.54, 1.807) is 0 Å². The highest BCUT2D eigenvalue weighted by Gasteiger charge is 2.14. The molecule has 0 aromatic heterocycles. The van der Waals surface area contributed by atoms with Crippen LogP contribution in [0.1, 0.15) is 43.6 Å². The van der Waals surface area contributed by atoms with E-state index in [1.165, 1.54) is 37.7 Å². The smallest absolute Gasteiger partial charge is 0.0599 e. The number of nitrogens with one attached hydrogen (secondary N) is 1. The summed E-state index contributed by atoms with van der Waals surface area (Å²) in [5, 5.41) is 12.1. The van der Waals surface area contributed by atoms with Gasteiger partial charge in [-0.1, -0.05) is 31.4 Å². The highest BCUT2D eigenvalue weighted by atomic mass is 16.3. The lowest BCUT2D eigenvalue weighted by atomic mass is 9.84. The minimum atomic E-state index is -0.192. The van der Waals surface area contributed by atoms with Crippen molar-refractivity contribution in [2.45, 2.75) is 44.1 Å². The van der Waals surface area contributed by atoms with Crippen LogP contribution in [0.4, 0.5) is 5.69 Å². The molecule has 1 aliphatic rings. The summed E-state index contributed by atoms with van der Waals surface area (Å²) >= 11 is 0. The van der Waals surface area contributed by atoms with Crippen LogP contribution in [0.5, 0.6) is 0 Å². The molecule has 0 radical (unpaired) electrons. The highest BCUT2D eigenvalue weighted by Crippen LogP contribution is 2.32. The molecule has 0 aliphatic heterocycles. The van der Waals surface area contributed by atoms with Crippen LogP contribution in [0.3, 0.4) is 0 Å². The second kappa shape index (κ2) is 6.76. The van der Waals surface area contributed by atoms with Gasteiger partial charge in [-0.2, -0.15) is 0 Å². The zero-order valence-corrected chi connectivity index (χ0v) is 10.9. The molecule has 1 aromatic rings. The summed E-state index contributed by atoms with van der Waals surface area (Å²) in [6, 6.07) is 8.50. The largest absolute Gasteiger partial charge is 0.395 e. The lowest BCUT2D eigenvalue weighted by molar-refractivity contribution is 0.270. The van der Waals surface area contributed by atoms with Crippen molar-refractivity contribution >= 4 is 5.69 Å². The molecule has 1 saturated carbocycles. The van der Waals surface area contributed by atoms with Gasteiger partial charge in [-0.05, 0) is 36.5 Å². The van der Waals surface area contributed by atoms with Gasteiger partial charge in [0.25, 0.3) is 0 Å². The lowest BCUT2D eigenvalue weighted by Gasteiger charge is -2.22. The van der Waals surface area contributed by atoms with Crippen LogP contribution in [0.25, 0.3) is 0 Å². The van der Waals surface area contributed by atoms with Crippen LogP contribution in [0.2, 0.25) is 0 Å². The van der Waals surface area contributed by atoms with Crippen LogP contribution >= 0.6 is 0 Å². The summed E-state index contributed by atoms with van der Waals surface area (Å²) < 4.78 is 0. The van der Waals surface area contributed by atoms with E-state index in [0.29, 0.717) is 6.54 Å². The Bertz CT molecular complexity index is 344. The van der Waals surface area contributed by atoms with E-state index in [-0.39, 0.29) is 12.6 Å². The molecule has 1 aromatic carbocycles. The van der Waals surface area contributed by atoms with Crippen molar-refractivity contribution < 1.29 is 5.11 Å². The van der Waals surface area contributed by atoms with Crippen molar-refractivity contribution in [2.24, 2.45) is 5.73 Å². The number of hydrogen-bond acceptors (Lipinski definition) is 3. The Hall–Kier alpha value is -1.06. The Morgan fingerprint density at radius 3 is 2.44 bits per heavy atom. The zero-order valence-electron chi connectivity index (χ0n) is 10.9. The number of hydrogen-bond donors (Lipinski definition) is 3. The molecule has 0 heterocycles. The maximum absolute atomic E-state index is 8.86. The molecule has 1 atom stereocenters. The number of nitrogens with two attached hydrogens (primary N) is 1. The van der Waals surface area contributed by atoms with Gasteiger partial charge < -0.3 is 16.2 Å². The Labute approximate surface area is 109 Å². The van der Waals surface area contributed by atoms with Gasteiger partial charge in [-0.15, -0.1) is 0 Å². The first-order chi connectivity index (χ1) is 8.79. The second-order valence-electron chi connectivity index (χ2n) is 5.28. The Kier molecular flexibility index (Phi) is 5.02. The van der Waals surface area contributed by atoms with Gasteiger partial charge in [0.15, 0.2) is 0 Å². The number of benzene rings is 1. The van der Waals surface area contributed by atoms with Crippen molar-refractivity contribution in [3.8, 4) is 0 Å². The van der Waals surface area contributed by atoms with Crippen LogP contribution in [-0.2, 0) is 0 Å². The van der Waals surface area contributed by atoms with E-state index in [1.807, 2.05) is 0 Å². The fraction of sp³-hybridized carbons (Fsp3) is 0.600. The first-order valence-corrected chi connectivity index (χ1v) is 7.00. The molecule has 0 bridgehead atoms. The van der Waals surface area contributed by atoms with E-state index in [9.17, 15) is 0 Å². The first-order valence-electron chi connectivity index (χ1n) is 7.00. The van der Waals surface area contributed by atoms with Gasteiger partial charge in [-0.3, -0.25) is 0 Å². The molecule has 18 heavy (non-hydrogen) atoms. The Morgan fingerprint density at radius 1 is 1.17 bits per heavy atom. The van der Waals surface area contributed by atoms with Gasteiger partial charge in [0, 0.05) is 18.3 Å². The van der Waals surface area contributed by atoms with E-state index >= 15 is 0 Å². The third-order valence-electron chi connectivity index (χ3n) is 3.79. The molecule has 0 saturated heterocycles. The van der Waals surface area contributed by atoms with Gasteiger partial charge in [0.2, 0.25) is 0 Å². The molecular formula is C15H24N2O. The third kappa shape index (κ3) is 3.72. The standard InChI is InChI=1S/C15H24N2O/c16-14(11-18)10-17-15-8-6-13(7-9-15)12-4-2-1-3-5-12/h6-9,12,14,17-18H,1-5,10-11,16H2. The van der Waals surface area contributed by atoms with Gasteiger partial charge in [0.05, 0.1) is 6.61 Å². The molecule has 4 N–H and O–H groups in total. The Morgan fingerprint density at radius 2 is 1.83 bits per heavy atom. The maximum atomic E-state index is 8.86. The van der Waals surface area contributed by atoms with Crippen LogP contribution in [0.15, 0.2) is 24.3 Å². The number of anilines is 1. The lowest BCUT2D eigenvalue weighted by Crippen LogP contribution is -2.32. The summed E-state index contributed by atoms with van der Waals surface area (Å²) in [6.45, 7) is 0.631. The molecule has 1 fully saturated rings. The van der Waals surface area contributed by atoms with Crippen molar-refractivity contribution in [3.05, 3.63) is 29.8 Å². The van der Waals surface area contributed by atoms with Crippen molar-refractivity contribution in [2.75, 3.05) is 18.5 Å². The number of aliphatic hydroxyl groups excluding tert-OH is 1. The molecule has 1 unspecified atom stereocenters. The van der Waals surface area contributed by atoms with Gasteiger partial charge >= 0.3 is 0 Å². The summed E-state index contributed by atoms with van der Waals surface area (Å²) in [6.07, 6.45) is 6.81. The van der Waals surface area contributed by atoms with Crippen molar-refractivity contribution in [3.63, 3.8) is 0 Å². The molecule has 3 heteroatoms. The van der Waals surface area contributed by atoms with E-state index in [2.05, 4.69) is 29.6 Å². The number of rotatable bonds is 5.